The Hall–Kier alpha value is -1.46. The Labute approximate surface area is 130 Å². The third-order valence-electron chi connectivity index (χ3n) is 4.95. The van der Waals surface area contributed by atoms with E-state index >= 15 is 0 Å². The van der Waals surface area contributed by atoms with Gasteiger partial charge in [-0.15, -0.1) is 0 Å². The number of aromatic nitrogens is 1. The maximum Gasteiger partial charge on any atom is 0.255 e. The van der Waals surface area contributed by atoms with Crippen molar-refractivity contribution in [1.29, 1.82) is 0 Å². The molecule has 0 aromatic carbocycles. The number of rotatable bonds is 4. The molecule has 2 atom stereocenters. The van der Waals surface area contributed by atoms with E-state index in [2.05, 4.69) is 4.98 Å². The van der Waals surface area contributed by atoms with E-state index in [1.165, 1.54) is 12.8 Å². The van der Waals surface area contributed by atoms with Crippen molar-refractivity contribution in [2.24, 2.45) is 5.92 Å². The first kappa shape index (κ1) is 14.2. The van der Waals surface area contributed by atoms with Crippen molar-refractivity contribution in [3.05, 3.63) is 30.1 Å². The molecule has 2 unspecified atom stereocenters. The van der Waals surface area contributed by atoms with Crippen molar-refractivity contribution in [2.45, 2.75) is 37.4 Å². The highest BCUT2D eigenvalue weighted by Crippen LogP contribution is 2.38. The van der Waals surface area contributed by atoms with E-state index in [4.69, 9.17) is 9.47 Å². The molecule has 0 radical (unpaired) electrons. The summed E-state index contributed by atoms with van der Waals surface area (Å²) in [5, 5.41) is 0. The summed E-state index contributed by atoms with van der Waals surface area (Å²) >= 11 is 0. The fourth-order valence-corrected chi connectivity index (χ4v) is 3.44. The van der Waals surface area contributed by atoms with Gasteiger partial charge in [-0.05, 0) is 37.3 Å². The van der Waals surface area contributed by atoms with Crippen molar-refractivity contribution in [2.75, 3.05) is 26.3 Å². The average molecular weight is 302 g/mol. The van der Waals surface area contributed by atoms with Crippen molar-refractivity contribution >= 4 is 5.91 Å². The van der Waals surface area contributed by atoms with Crippen molar-refractivity contribution < 1.29 is 14.3 Å². The highest BCUT2D eigenvalue weighted by Gasteiger charge is 2.47. The molecule has 118 valence electrons. The van der Waals surface area contributed by atoms with Crippen LogP contribution in [0.4, 0.5) is 0 Å². The summed E-state index contributed by atoms with van der Waals surface area (Å²) in [6.45, 7) is 2.97. The lowest BCUT2D eigenvalue weighted by Gasteiger charge is -2.23. The van der Waals surface area contributed by atoms with Gasteiger partial charge in [-0.2, -0.15) is 0 Å². The molecule has 1 spiro atoms. The van der Waals surface area contributed by atoms with E-state index in [1.54, 1.807) is 18.5 Å². The molecule has 2 aliphatic heterocycles. The predicted octanol–water partition coefficient (Wildman–Crippen LogP) is 1.88. The lowest BCUT2D eigenvalue weighted by molar-refractivity contribution is 0.00156. The minimum Gasteiger partial charge on any atom is -0.375 e. The van der Waals surface area contributed by atoms with Crippen LogP contribution in [0.2, 0.25) is 0 Å². The molecule has 1 saturated carbocycles. The molecule has 0 bridgehead atoms. The summed E-state index contributed by atoms with van der Waals surface area (Å²) in [6, 6.07) is 3.62. The van der Waals surface area contributed by atoms with Crippen LogP contribution >= 0.6 is 0 Å². The van der Waals surface area contributed by atoms with Gasteiger partial charge in [-0.3, -0.25) is 9.78 Å². The fourth-order valence-electron chi connectivity index (χ4n) is 3.44. The van der Waals surface area contributed by atoms with Crippen LogP contribution in [-0.4, -0.2) is 53.8 Å². The van der Waals surface area contributed by atoms with Gasteiger partial charge in [0.2, 0.25) is 0 Å². The number of ether oxygens (including phenoxy) is 2. The Bertz CT molecular complexity index is 546. The highest BCUT2D eigenvalue weighted by molar-refractivity contribution is 5.94. The smallest absolute Gasteiger partial charge is 0.255 e. The summed E-state index contributed by atoms with van der Waals surface area (Å²) in [5.74, 6) is 0.833. The number of likely N-dealkylation sites (tertiary alicyclic amines) is 1. The lowest BCUT2D eigenvalue weighted by Crippen LogP contribution is -2.36. The molecule has 3 aliphatic rings. The quantitative estimate of drug-likeness (QED) is 0.852. The molecule has 1 aromatic heterocycles. The maximum atomic E-state index is 12.5. The van der Waals surface area contributed by atoms with Gasteiger partial charge in [-0.25, -0.2) is 0 Å². The average Bonchev–Trinajstić information content (AvgIpc) is 3.18. The van der Waals surface area contributed by atoms with Crippen LogP contribution in [0.3, 0.4) is 0 Å². The van der Waals surface area contributed by atoms with Gasteiger partial charge in [0.1, 0.15) is 0 Å². The van der Waals surface area contributed by atoms with Gasteiger partial charge >= 0.3 is 0 Å². The Balaban J connectivity index is 1.34. The van der Waals surface area contributed by atoms with E-state index < -0.39 is 0 Å². The number of carbonyl (C=O) groups is 1. The number of hydrogen-bond donors (Lipinski definition) is 0. The van der Waals surface area contributed by atoms with Crippen molar-refractivity contribution in [3.8, 4) is 0 Å². The van der Waals surface area contributed by atoms with Crippen LogP contribution in [0.15, 0.2) is 24.5 Å². The fraction of sp³-hybridized carbons (Fsp3) is 0.647. The molecule has 3 heterocycles. The largest absolute Gasteiger partial charge is 0.375 e. The number of carbonyl (C=O) groups excluding carboxylic acids is 1. The van der Waals surface area contributed by atoms with Crippen LogP contribution in [0.5, 0.6) is 0 Å². The molecule has 4 rings (SSSR count). The molecular formula is C17H22N2O3. The minimum atomic E-state index is -0.188. The zero-order valence-electron chi connectivity index (χ0n) is 12.7. The van der Waals surface area contributed by atoms with Crippen molar-refractivity contribution in [3.63, 3.8) is 0 Å². The molecule has 5 nitrogen and oxygen atoms in total. The summed E-state index contributed by atoms with van der Waals surface area (Å²) in [4.78, 5) is 18.4. The first-order valence-corrected chi connectivity index (χ1v) is 8.19. The Morgan fingerprint density at radius 1 is 1.50 bits per heavy atom. The Kier molecular flexibility index (Phi) is 3.62. The topological polar surface area (TPSA) is 51.7 Å². The second-order valence-corrected chi connectivity index (χ2v) is 6.82. The van der Waals surface area contributed by atoms with Crippen LogP contribution in [0.25, 0.3) is 0 Å². The van der Waals surface area contributed by atoms with E-state index in [-0.39, 0.29) is 17.6 Å². The number of pyridine rings is 1. The van der Waals surface area contributed by atoms with E-state index in [9.17, 15) is 4.79 Å². The Morgan fingerprint density at radius 2 is 2.41 bits per heavy atom. The van der Waals surface area contributed by atoms with Crippen LogP contribution < -0.4 is 0 Å². The number of hydrogen-bond acceptors (Lipinski definition) is 4. The third kappa shape index (κ3) is 2.88. The lowest BCUT2D eigenvalue weighted by atomic mass is 9.98. The zero-order chi connectivity index (χ0) is 15.0. The zero-order valence-corrected chi connectivity index (χ0v) is 12.7. The van der Waals surface area contributed by atoms with E-state index in [0.717, 1.165) is 31.9 Å². The van der Waals surface area contributed by atoms with Gasteiger partial charge in [0.05, 0.1) is 30.4 Å². The second-order valence-electron chi connectivity index (χ2n) is 6.82. The first-order valence-electron chi connectivity index (χ1n) is 8.19. The Morgan fingerprint density at radius 3 is 3.18 bits per heavy atom. The van der Waals surface area contributed by atoms with Crippen LogP contribution in [0, 0.1) is 5.92 Å². The third-order valence-corrected chi connectivity index (χ3v) is 4.95. The van der Waals surface area contributed by atoms with Gasteiger partial charge in [0, 0.05) is 32.0 Å². The van der Waals surface area contributed by atoms with E-state index in [1.807, 2.05) is 11.0 Å². The monoisotopic (exact) mass is 302 g/mol. The molecule has 22 heavy (non-hydrogen) atoms. The van der Waals surface area contributed by atoms with Crippen molar-refractivity contribution in [1.82, 2.24) is 9.88 Å². The molecule has 5 heteroatoms. The summed E-state index contributed by atoms with van der Waals surface area (Å²) in [5.41, 5.74) is 0.464. The van der Waals surface area contributed by atoms with Gasteiger partial charge in [0.15, 0.2) is 0 Å². The van der Waals surface area contributed by atoms with Gasteiger partial charge in [-0.1, -0.05) is 0 Å². The summed E-state index contributed by atoms with van der Waals surface area (Å²) in [7, 11) is 0. The maximum absolute atomic E-state index is 12.5. The summed E-state index contributed by atoms with van der Waals surface area (Å²) in [6.07, 6.45) is 7.96. The van der Waals surface area contributed by atoms with Gasteiger partial charge < -0.3 is 14.4 Å². The predicted molar refractivity (Wildman–Crippen MR) is 80.5 cm³/mol. The molecule has 3 fully saturated rings. The van der Waals surface area contributed by atoms with Gasteiger partial charge in [0.25, 0.3) is 5.91 Å². The van der Waals surface area contributed by atoms with E-state index in [0.29, 0.717) is 18.7 Å². The molecule has 1 amide bonds. The highest BCUT2D eigenvalue weighted by atomic mass is 16.6. The van der Waals surface area contributed by atoms with Crippen LogP contribution in [-0.2, 0) is 9.47 Å². The normalized spacial score (nSPS) is 31.1. The standard InChI is InChI=1S/C17H22N2O3/c20-16(14-2-1-6-18-9-14)19-7-5-17(12-19)8-15(11-22-17)21-10-13-3-4-13/h1-2,6,9,13,15H,3-5,7-8,10-12H2. The SMILES string of the molecule is O=C(c1cccnc1)N1CCC2(CC(OCC3CC3)CO2)C1. The molecular weight excluding hydrogens is 280 g/mol. The summed E-state index contributed by atoms with van der Waals surface area (Å²) < 4.78 is 12.0. The molecule has 1 aromatic rings. The number of amides is 1. The second kappa shape index (κ2) is 5.63. The molecule has 1 aliphatic carbocycles. The molecule has 2 saturated heterocycles. The number of nitrogens with zero attached hydrogens (tertiary/aromatic N) is 2. The van der Waals surface area contributed by atoms with Crippen LogP contribution in [0.1, 0.15) is 36.0 Å². The first-order chi connectivity index (χ1) is 10.7. The minimum absolute atomic E-state index is 0.0518. The molecule has 0 N–H and O–H groups in total.